The highest BCUT2D eigenvalue weighted by Crippen LogP contribution is 2.45. The molecule has 0 aromatic carbocycles. The third-order valence-electron chi connectivity index (χ3n) is 14.1. The van der Waals surface area contributed by atoms with Crippen LogP contribution < -0.4 is 0 Å². The van der Waals surface area contributed by atoms with Gasteiger partial charge in [-0.1, -0.05) is 251 Å². The number of phosphoric acid groups is 2. The number of aliphatic hydroxyl groups is 1. The second kappa shape index (κ2) is 66.8. The zero-order valence-electron chi connectivity index (χ0n) is 58.1. The van der Waals surface area contributed by atoms with Crippen molar-refractivity contribution in [2.24, 2.45) is 0 Å². The topological polar surface area (TPSA) is 237 Å². The Balaban J connectivity index is 5.44. The number of ether oxygens (including phenoxy) is 4. The van der Waals surface area contributed by atoms with Crippen molar-refractivity contribution in [1.82, 2.24) is 0 Å². The number of hydrogen-bond donors (Lipinski definition) is 3. The van der Waals surface area contributed by atoms with Crippen LogP contribution >= 0.6 is 15.6 Å². The van der Waals surface area contributed by atoms with Crippen molar-refractivity contribution in [3.05, 3.63) is 134 Å². The van der Waals surface area contributed by atoms with E-state index in [4.69, 9.17) is 37.0 Å². The predicted octanol–water partition coefficient (Wildman–Crippen LogP) is 19.8. The van der Waals surface area contributed by atoms with Crippen molar-refractivity contribution in [3.63, 3.8) is 0 Å². The monoisotopic (exact) mass is 1360 g/mol. The molecule has 0 saturated heterocycles. The average molecular weight is 1360 g/mol. The van der Waals surface area contributed by atoms with Crippen LogP contribution in [0.15, 0.2) is 134 Å². The Hall–Kier alpha value is -4.80. The molecule has 0 aliphatic carbocycles. The van der Waals surface area contributed by atoms with Crippen LogP contribution in [0.1, 0.15) is 259 Å². The number of esters is 4. The molecular formula is C75H124O17P2. The third kappa shape index (κ3) is 65.8. The predicted molar refractivity (Wildman–Crippen MR) is 381 cm³/mol. The Morgan fingerprint density at radius 2 is 0.617 bits per heavy atom. The van der Waals surface area contributed by atoms with Crippen LogP contribution in [0.2, 0.25) is 0 Å². The van der Waals surface area contributed by atoms with E-state index in [1.807, 2.05) is 18.2 Å². The van der Waals surface area contributed by atoms with Crippen molar-refractivity contribution in [3.8, 4) is 0 Å². The molecule has 0 radical (unpaired) electrons. The molecule has 5 atom stereocenters. The third-order valence-corrected chi connectivity index (χ3v) is 16.0. The van der Waals surface area contributed by atoms with E-state index in [9.17, 15) is 43.2 Å². The van der Waals surface area contributed by atoms with Gasteiger partial charge in [-0.15, -0.1) is 0 Å². The number of allylic oxidation sites excluding steroid dienone is 21. The summed E-state index contributed by atoms with van der Waals surface area (Å²) in [6.07, 6.45) is 72.2. The Bertz CT molecular complexity index is 2310. The lowest BCUT2D eigenvalue weighted by molar-refractivity contribution is -0.161. The van der Waals surface area contributed by atoms with Gasteiger partial charge in [0.2, 0.25) is 0 Å². The lowest BCUT2D eigenvalue weighted by atomic mass is 10.1. The fourth-order valence-corrected chi connectivity index (χ4v) is 10.4. The van der Waals surface area contributed by atoms with Crippen molar-refractivity contribution in [2.45, 2.75) is 277 Å². The Morgan fingerprint density at radius 3 is 1.01 bits per heavy atom. The van der Waals surface area contributed by atoms with Crippen LogP contribution in [0, 0.1) is 0 Å². The van der Waals surface area contributed by atoms with Crippen molar-refractivity contribution in [2.75, 3.05) is 39.6 Å². The lowest BCUT2D eigenvalue weighted by Gasteiger charge is -2.21. The van der Waals surface area contributed by atoms with Gasteiger partial charge in [-0.2, -0.15) is 0 Å². The van der Waals surface area contributed by atoms with Crippen molar-refractivity contribution in [1.29, 1.82) is 0 Å². The molecule has 3 N–H and O–H groups in total. The highest BCUT2D eigenvalue weighted by atomic mass is 31.2. The molecule has 19 heteroatoms. The van der Waals surface area contributed by atoms with E-state index in [-0.39, 0.29) is 25.7 Å². The van der Waals surface area contributed by atoms with Gasteiger partial charge in [0.15, 0.2) is 12.2 Å². The van der Waals surface area contributed by atoms with Gasteiger partial charge < -0.3 is 33.8 Å². The summed E-state index contributed by atoms with van der Waals surface area (Å²) < 4.78 is 68.0. The SMILES string of the molecule is CC/C=C\C/C=C\C/C=C\C/C=C\C/C=C\CC(=O)OCC(COP(=O)(O)OCC(O)COP(=O)(O)OCC(COC(=O)CCCC/C=C\C/C=C\C/C=C\C/C=C\CC)OC(=O)CCCCCCC/C=C\C/C=C\CCC)OC(=O)CCCCCCCCCCCCC. The van der Waals surface area contributed by atoms with E-state index in [1.54, 1.807) is 6.08 Å². The Kier molecular flexibility index (Phi) is 63.4. The molecule has 0 heterocycles. The molecule has 0 bridgehead atoms. The van der Waals surface area contributed by atoms with Crippen LogP contribution in [-0.2, 0) is 65.4 Å². The minimum absolute atomic E-state index is 0.0643. The minimum atomic E-state index is -4.99. The molecule has 94 heavy (non-hydrogen) atoms. The molecule has 5 unspecified atom stereocenters. The number of carbonyl (C=O) groups is 4. The normalized spacial score (nSPS) is 14.8. The van der Waals surface area contributed by atoms with Crippen molar-refractivity contribution >= 4 is 39.5 Å². The number of carbonyl (C=O) groups excluding carboxylic acids is 4. The van der Waals surface area contributed by atoms with Crippen LogP contribution in [-0.4, -0.2) is 96.7 Å². The summed E-state index contributed by atoms with van der Waals surface area (Å²) in [7, 11) is -9.98. The second-order valence-electron chi connectivity index (χ2n) is 23.1. The molecule has 0 fully saturated rings. The summed E-state index contributed by atoms with van der Waals surface area (Å²) in [5.41, 5.74) is 0. The van der Waals surface area contributed by atoms with E-state index in [0.29, 0.717) is 25.7 Å². The Labute approximate surface area is 567 Å². The summed E-state index contributed by atoms with van der Waals surface area (Å²) >= 11 is 0. The first-order valence-corrected chi connectivity index (χ1v) is 38.4. The van der Waals surface area contributed by atoms with E-state index in [2.05, 4.69) is 137 Å². The standard InChI is InChI=1S/C75H124O17P2/c1-5-9-13-17-21-25-29-32-34-37-40-43-47-51-55-59-72(77)85-65-70(91-74(79)61-57-53-49-45-39-28-24-20-16-12-8-4)67-89-93(81,82)87-63-69(76)64-88-94(83,84)90-68-71(92-75(80)62-58-54-50-46-42-36-31-27-23-19-15-11-7-3)66-86-73(78)60-56-52-48-44-41-38-35-33-30-26-22-18-14-10-6-2/h9-10,13-15,19,21-22,25-27,31-35,40-41,43-44,51,55,69-71,76H,5-8,11-12,16-18,20,23-24,28-30,36-39,42,45-50,52-54,56-68H2,1-4H3,(H,81,82)(H,83,84)/b13-9-,14-10-,19-15-,25-21-,26-22-,31-27-,34-32-,35-33-,43-40-,44-41-,55-51-. The molecule has 0 amide bonds. The molecule has 0 aliphatic rings. The van der Waals surface area contributed by atoms with Gasteiger partial charge in [0.05, 0.1) is 32.8 Å². The number of phosphoric ester groups is 2. The largest absolute Gasteiger partial charge is 0.472 e. The lowest BCUT2D eigenvalue weighted by Crippen LogP contribution is -2.30. The smallest absolute Gasteiger partial charge is 0.462 e. The summed E-state index contributed by atoms with van der Waals surface area (Å²) in [6, 6.07) is 0. The number of hydrogen-bond acceptors (Lipinski definition) is 15. The van der Waals surface area contributed by atoms with Crippen LogP contribution in [0.5, 0.6) is 0 Å². The molecule has 0 rings (SSSR count). The van der Waals surface area contributed by atoms with Crippen LogP contribution in [0.25, 0.3) is 0 Å². The molecule has 536 valence electrons. The fraction of sp³-hybridized carbons (Fsp3) is 0.653. The fourth-order valence-electron chi connectivity index (χ4n) is 8.79. The highest BCUT2D eigenvalue weighted by molar-refractivity contribution is 7.47. The minimum Gasteiger partial charge on any atom is -0.462 e. The van der Waals surface area contributed by atoms with Gasteiger partial charge >= 0.3 is 39.5 Å². The summed E-state index contributed by atoms with van der Waals surface area (Å²) in [6.45, 7) is 4.36. The zero-order valence-corrected chi connectivity index (χ0v) is 59.9. The van der Waals surface area contributed by atoms with Gasteiger partial charge in [-0.05, 0) is 116 Å². The first kappa shape index (κ1) is 89.2. The van der Waals surface area contributed by atoms with Gasteiger partial charge in [0.25, 0.3) is 0 Å². The van der Waals surface area contributed by atoms with Crippen LogP contribution in [0.3, 0.4) is 0 Å². The molecule has 0 saturated carbocycles. The second-order valence-corrected chi connectivity index (χ2v) is 26.0. The number of aliphatic hydroxyl groups excluding tert-OH is 1. The van der Waals surface area contributed by atoms with E-state index >= 15 is 0 Å². The van der Waals surface area contributed by atoms with E-state index in [1.165, 1.54) is 38.5 Å². The highest BCUT2D eigenvalue weighted by Gasteiger charge is 2.30. The number of unbranched alkanes of at least 4 members (excludes halogenated alkanes) is 18. The van der Waals surface area contributed by atoms with Crippen LogP contribution in [0.4, 0.5) is 0 Å². The summed E-state index contributed by atoms with van der Waals surface area (Å²) in [5, 5.41) is 10.6. The average Bonchev–Trinajstić information content (AvgIpc) is 1.35. The van der Waals surface area contributed by atoms with E-state index in [0.717, 1.165) is 141 Å². The first-order valence-electron chi connectivity index (χ1n) is 35.4. The van der Waals surface area contributed by atoms with Gasteiger partial charge in [-0.3, -0.25) is 37.3 Å². The zero-order chi connectivity index (χ0) is 69.0. The van der Waals surface area contributed by atoms with Crippen molar-refractivity contribution < 1.29 is 80.2 Å². The molecule has 0 aromatic heterocycles. The van der Waals surface area contributed by atoms with E-state index < -0.39 is 97.5 Å². The molecule has 17 nitrogen and oxygen atoms in total. The maximum Gasteiger partial charge on any atom is 0.472 e. The van der Waals surface area contributed by atoms with Gasteiger partial charge in [0, 0.05) is 19.3 Å². The maximum atomic E-state index is 13.0. The Morgan fingerprint density at radius 1 is 0.319 bits per heavy atom. The molecule has 0 spiro atoms. The van der Waals surface area contributed by atoms with Gasteiger partial charge in [-0.25, -0.2) is 9.13 Å². The molecular weight excluding hydrogens is 1230 g/mol. The first-order chi connectivity index (χ1) is 45.7. The molecule has 0 aromatic rings. The maximum absolute atomic E-state index is 13.0. The van der Waals surface area contributed by atoms with Gasteiger partial charge in [0.1, 0.15) is 19.3 Å². The quantitative estimate of drug-likeness (QED) is 0.0169. The summed E-state index contributed by atoms with van der Waals surface area (Å²) in [4.78, 5) is 72.5. The summed E-state index contributed by atoms with van der Waals surface area (Å²) in [5.74, 6) is -2.39. The molecule has 0 aliphatic heterocycles. The number of rotatable bonds is 65.